The molecule has 0 aliphatic carbocycles. The summed E-state index contributed by atoms with van der Waals surface area (Å²) in [5.41, 5.74) is 1.79. The summed E-state index contributed by atoms with van der Waals surface area (Å²) >= 11 is 6.22. The van der Waals surface area contributed by atoms with Crippen LogP contribution in [0, 0.1) is 6.92 Å². The van der Waals surface area contributed by atoms with Crippen molar-refractivity contribution >= 4 is 23.5 Å². The smallest absolute Gasteiger partial charge is 0.322 e. The maximum Gasteiger partial charge on any atom is 0.322 e. The van der Waals surface area contributed by atoms with Gasteiger partial charge in [-0.25, -0.2) is 0 Å². The van der Waals surface area contributed by atoms with E-state index in [-0.39, 0.29) is 17.5 Å². The normalized spacial score (nSPS) is 10.9. The first-order valence-corrected chi connectivity index (χ1v) is 8.27. The van der Waals surface area contributed by atoms with Crippen molar-refractivity contribution in [1.82, 2.24) is 25.1 Å². The molecule has 3 aromatic heterocycles. The highest BCUT2D eigenvalue weighted by Gasteiger charge is 2.24. The molecule has 0 radical (unpaired) electrons. The van der Waals surface area contributed by atoms with Crippen LogP contribution in [0.25, 0.3) is 22.8 Å². The van der Waals surface area contributed by atoms with Crippen LogP contribution in [0.4, 0.5) is 6.01 Å². The van der Waals surface area contributed by atoms with E-state index in [9.17, 15) is 4.79 Å². The van der Waals surface area contributed by atoms with Gasteiger partial charge in [0.15, 0.2) is 0 Å². The van der Waals surface area contributed by atoms with Gasteiger partial charge in [-0.2, -0.15) is 5.10 Å². The highest BCUT2D eigenvalue weighted by atomic mass is 35.5. The van der Waals surface area contributed by atoms with Gasteiger partial charge in [0.1, 0.15) is 22.7 Å². The number of aryl methyl sites for hydroxylation is 2. The molecule has 10 heteroatoms. The van der Waals surface area contributed by atoms with Crippen LogP contribution in [-0.4, -0.2) is 31.0 Å². The first-order valence-electron chi connectivity index (χ1n) is 7.89. The summed E-state index contributed by atoms with van der Waals surface area (Å²) in [6.07, 6.45) is 1.61. The molecule has 3 heterocycles. The first kappa shape index (κ1) is 17.0. The largest absolute Gasteiger partial charge is 0.401 e. The van der Waals surface area contributed by atoms with Crippen LogP contribution in [0.15, 0.2) is 45.5 Å². The van der Waals surface area contributed by atoms with Crippen LogP contribution in [0.5, 0.6) is 0 Å². The van der Waals surface area contributed by atoms with Crippen LogP contribution in [0.3, 0.4) is 0 Å². The summed E-state index contributed by atoms with van der Waals surface area (Å²) in [5.74, 6) is 0.0799. The summed E-state index contributed by atoms with van der Waals surface area (Å²) in [6.45, 7) is 1.64. The van der Waals surface area contributed by atoms with Crippen LogP contribution < -0.4 is 5.32 Å². The van der Waals surface area contributed by atoms with Crippen LogP contribution >= 0.6 is 11.6 Å². The number of anilines is 1. The molecule has 0 saturated carbocycles. The SMILES string of the molecule is Cc1onc(-c2ccccc2Cl)c1C(=O)Nc1nnc(-c2ccnn2C)o1. The Morgan fingerprint density at radius 1 is 1.22 bits per heavy atom. The highest BCUT2D eigenvalue weighted by molar-refractivity contribution is 6.33. The van der Waals surface area contributed by atoms with Crippen molar-refractivity contribution < 1.29 is 13.7 Å². The number of aromatic nitrogens is 5. The second-order valence-corrected chi connectivity index (χ2v) is 6.06. The van der Waals surface area contributed by atoms with Gasteiger partial charge in [-0.3, -0.25) is 14.8 Å². The number of carbonyl (C=O) groups is 1. The monoisotopic (exact) mass is 384 g/mol. The van der Waals surface area contributed by atoms with Gasteiger partial charge in [0, 0.05) is 18.8 Å². The maximum absolute atomic E-state index is 12.8. The molecule has 4 aromatic rings. The molecular weight excluding hydrogens is 372 g/mol. The van der Waals surface area contributed by atoms with Crippen molar-refractivity contribution in [3.63, 3.8) is 0 Å². The van der Waals surface area contributed by atoms with E-state index < -0.39 is 5.91 Å². The molecule has 0 aliphatic rings. The molecule has 136 valence electrons. The Bertz CT molecular complexity index is 1130. The minimum absolute atomic E-state index is 0.0538. The fourth-order valence-electron chi connectivity index (χ4n) is 2.60. The number of hydrogen-bond acceptors (Lipinski definition) is 7. The minimum Gasteiger partial charge on any atom is -0.401 e. The Balaban J connectivity index is 1.64. The van der Waals surface area contributed by atoms with E-state index >= 15 is 0 Å². The third-order valence-electron chi connectivity index (χ3n) is 3.90. The number of benzene rings is 1. The van der Waals surface area contributed by atoms with Gasteiger partial charge in [-0.05, 0) is 19.1 Å². The van der Waals surface area contributed by atoms with Gasteiger partial charge in [0.25, 0.3) is 11.8 Å². The van der Waals surface area contributed by atoms with Crippen molar-refractivity contribution in [3.8, 4) is 22.8 Å². The summed E-state index contributed by atoms with van der Waals surface area (Å²) in [4.78, 5) is 12.8. The predicted octanol–water partition coefficient (Wildman–Crippen LogP) is 3.34. The molecule has 0 spiro atoms. The molecule has 0 bridgehead atoms. The highest BCUT2D eigenvalue weighted by Crippen LogP contribution is 2.31. The number of nitrogens with one attached hydrogen (secondary N) is 1. The number of amides is 1. The number of rotatable bonds is 4. The number of halogens is 1. The third kappa shape index (κ3) is 3.08. The van der Waals surface area contributed by atoms with E-state index in [0.717, 1.165) is 0 Å². The maximum atomic E-state index is 12.8. The lowest BCUT2D eigenvalue weighted by atomic mass is 10.1. The van der Waals surface area contributed by atoms with Gasteiger partial charge >= 0.3 is 6.01 Å². The fourth-order valence-corrected chi connectivity index (χ4v) is 2.82. The fraction of sp³-hybridized carbons (Fsp3) is 0.118. The molecular formula is C17H13ClN6O3. The molecule has 1 amide bonds. The topological polar surface area (TPSA) is 112 Å². The molecule has 0 atom stereocenters. The standard InChI is InChI=1S/C17H13ClN6O3/c1-9-13(14(23-27-9)10-5-3-4-6-11(10)18)15(25)20-17-22-21-16(26-17)12-7-8-19-24(12)2/h3-8H,1-2H3,(H,20,22,25). The quantitative estimate of drug-likeness (QED) is 0.574. The second-order valence-electron chi connectivity index (χ2n) is 5.65. The minimum atomic E-state index is -0.496. The zero-order valence-electron chi connectivity index (χ0n) is 14.3. The first-order chi connectivity index (χ1) is 13.0. The zero-order chi connectivity index (χ0) is 19.0. The van der Waals surface area contributed by atoms with E-state index in [4.69, 9.17) is 20.5 Å². The molecule has 9 nitrogen and oxygen atoms in total. The number of carbonyl (C=O) groups excluding carboxylic acids is 1. The average Bonchev–Trinajstić information content (AvgIpc) is 3.35. The van der Waals surface area contributed by atoms with Gasteiger partial charge in [-0.15, -0.1) is 5.10 Å². The summed E-state index contributed by atoms with van der Waals surface area (Å²) in [5, 5.41) is 18.8. The second kappa shape index (κ2) is 6.69. The van der Waals surface area contributed by atoms with Gasteiger partial charge < -0.3 is 8.94 Å². The lowest BCUT2D eigenvalue weighted by molar-refractivity contribution is 0.102. The molecule has 0 saturated heterocycles. The summed E-state index contributed by atoms with van der Waals surface area (Å²) in [6, 6.07) is 8.72. The Morgan fingerprint density at radius 3 is 2.78 bits per heavy atom. The van der Waals surface area contributed by atoms with Crippen LogP contribution in [-0.2, 0) is 7.05 Å². The van der Waals surface area contributed by atoms with E-state index in [2.05, 4.69) is 25.8 Å². The Labute approximate surface area is 157 Å². The predicted molar refractivity (Wildman–Crippen MR) is 96.1 cm³/mol. The van der Waals surface area contributed by atoms with Crippen molar-refractivity contribution in [1.29, 1.82) is 0 Å². The Kier molecular flexibility index (Phi) is 4.21. The Morgan fingerprint density at radius 2 is 2.04 bits per heavy atom. The van der Waals surface area contributed by atoms with Crippen molar-refractivity contribution in [2.45, 2.75) is 6.92 Å². The average molecular weight is 385 g/mol. The molecule has 0 fully saturated rings. The number of hydrogen-bond donors (Lipinski definition) is 1. The molecule has 1 aromatic carbocycles. The van der Waals surface area contributed by atoms with E-state index in [0.29, 0.717) is 27.7 Å². The van der Waals surface area contributed by atoms with Gasteiger partial charge in [-0.1, -0.05) is 40.1 Å². The molecule has 0 aliphatic heterocycles. The molecule has 1 N–H and O–H groups in total. The van der Waals surface area contributed by atoms with Crippen LogP contribution in [0.2, 0.25) is 5.02 Å². The van der Waals surface area contributed by atoms with E-state index in [1.165, 1.54) is 0 Å². The zero-order valence-corrected chi connectivity index (χ0v) is 15.1. The Hall–Kier alpha value is -3.46. The third-order valence-corrected chi connectivity index (χ3v) is 4.23. The van der Waals surface area contributed by atoms with Gasteiger partial charge in [0.05, 0.1) is 5.02 Å². The van der Waals surface area contributed by atoms with E-state index in [1.807, 2.05) is 0 Å². The van der Waals surface area contributed by atoms with Crippen molar-refractivity contribution in [2.24, 2.45) is 7.05 Å². The molecule has 4 rings (SSSR count). The van der Waals surface area contributed by atoms with Gasteiger partial charge in [0.2, 0.25) is 0 Å². The van der Waals surface area contributed by atoms with Crippen molar-refractivity contribution in [3.05, 3.63) is 52.9 Å². The summed E-state index contributed by atoms with van der Waals surface area (Å²) in [7, 11) is 1.74. The van der Waals surface area contributed by atoms with Crippen molar-refractivity contribution in [2.75, 3.05) is 5.32 Å². The summed E-state index contributed by atoms with van der Waals surface area (Å²) < 4.78 is 12.3. The lowest BCUT2D eigenvalue weighted by Gasteiger charge is -2.03. The molecule has 27 heavy (non-hydrogen) atoms. The van der Waals surface area contributed by atoms with E-state index in [1.54, 1.807) is 55.2 Å². The number of nitrogens with zero attached hydrogens (tertiary/aromatic N) is 5. The lowest BCUT2D eigenvalue weighted by Crippen LogP contribution is -2.13. The van der Waals surface area contributed by atoms with Crippen LogP contribution in [0.1, 0.15) is 16.1 Å². The molecule has 0 unspecified atom stereocenters.